The quantitative estimate of drug-likeness (QED) is 0.456. The minimum Gasteiger partial charge on any atom is -0.460 e. The van der Waals surface area contributed by atoms with Gasteiger partial charge in [0.2, 0.25) is 0 Å². The summed E-state index contributed by atoms with van der Waals surface area (Å²) in [5.74, 6) is -4.04. The topological polar surface area (TPSA) is 26.3 Å². The average molecular weight is 326 g/mol. The predicted octanol–water partition coefficient (Wildman–Crippen LogP) is 4.69. The van der Waals surface area contributed by atoms with Crippen LogP contribution < -0.4 is 0 Å². The van der Waals surface area contributed by atoms with Crippen LogP contribution in [0.1, 0.15) is 38.8 Å². The van der Waals surface area contributed by atoms with Gasteiger partial charge in [-0.05, 0) is 37.7 Å². The Balaban J connectivity index is 2.11. The fourth-order valence-electron chi connectivity index (χ4n) is 2.94. The molecule has 1 aromatic rings. The van der Waals surface area contributed by atoms with Gasteiger partial charge in [0.05, 0.1) is 5.92 Å². The molecule has 0 heterocycles. The number of esters is 1. The highest BCUT2D eigenvalue weighted by molar-refractivity contribution is 5.78. The van der Waals surface area contributed by atoms with Crippen molar-refractivity contribution in [3.63, 3.8) is 0 Å². The number of ether oxygens (including phenoxy) is 1. The minimum absolute atomic E-state index is 0.0485. The fraction of sp³-hybridized carbons (Fsp3) is 0.500. The van der Waals surface area contributed by atoms with Gasteiger partial charge >= 0.3 is 5.97 Å². The molecule has 1 aliphatic carbocycles. The van der Waals surface area contributed by atoms with Gasteiger partial charge in [-0.1, -0.05) is 25.5 Å². The van der Waals surface area contributed by atoms with E-state index in [1.54, 1.807) is 0 Å². The summed E-state index contributed by atoms with van der Waals surface area (Å²) in [4.78, 5) is 12.2. The SMILES string of the molecule is CC(C)=CC1C(C(=O)OCc2c(C)c(F)cc(F)c2F)C1(C)C. The van der Waals surface area contributed by atoms with Gasteiger partial charge in [0.25, 0.3) is 0 Å². The molecule has 0 radical (unpaired) electrons. The number of carbonyl (C=O) groups is 1. The summed E-state index contributed by atoms with van der Waals surface area (Å²) in [7, 11) is 0. The van der Waals surface area contributed by atoms with Gasteiger partial charge in [0.15, 0.2) is 11.6 Å². The van der Waals surface area contributed by atoms with E-state index in [0.29, 0.717) is 6.07 Å². The van der Waals surface area contributed by atoms with Crippen LogP contribution in [0.3, 0.4) is 0 Å². The third kappa shape index (κ3) is 3.28. The van der Waals surface area contributed by atoms with Gasteiger partial charge in [-0.25, -0.2) is 13.2 Å². The van der Waals surface area contributed by atoms with Crippen LogP contribution in [0.4, 0.5) is 13.2 Å². The largest absolute Gasteiger partial charge is 0.460 e. The molecule has 0 spiro atoms. The highest BCUT2D eigenvalue weighted by atomic mass is 19.2. The Morgan fingerprint density at radius 1 is 1.26 bits per heavy atom. The minimum atomic E-state index is -1.28. The van der Waals surface area contributed by atoms with E-state index in [0.717, 1.165) is 5.57 Å². The Kier molecular flexibility index (Phi) is 4.60. The lowest BCUT2D eigenvalue weighted by molar-refractivity contribution is -0.147. The first-order valence-corrected chi connectivity index (χ1v) is 7.52. The lowest BCUT2D eigenvalue weighted by atomic mass is 10.1. The van der Waals surface area contributed by atoms with Crippen LogP contribution in [0.15, 0.2) is 17.7 Å². The number of allylic oxidation sites excluding steroid dienone is 2. The molecular formula is C18H21F3O2. The first kappa shape index (κ1) is 17.6. The second-order valence-electron chi connectivity index (χ2n) is 6.93. The Labute approximate surface area is 134 Å². The molecule has 0 aliphatic heterocycles. The fourth-order valence-corrected chi connectivity index (χ4v) is 2.94. The third-order valence-electron chi connectivity index (χ3n) is 4.58. The van der Waals surface area contributed by atoms with E-state index in [4.69, 9.17) is 4.74 Å². The standard InChI is InChI=1S/C18H21F3O2/c1-9(2)6-12-15(18(12,4)5)17(22)23-8-11-10(3)13(19)7-14(20)16(11)21/h6-7,12,15H,8H2,1-5H3. The zero-order valence-corrected chi connectivity index (χ0v) is 14.0. The molecule has 126 valence electrons. The zero-order chi connectivity index (χ0) is 17.5. The summed E-state index contributed by atoms with van der Waals surface area (Å²) in [6.07, 6.45) is 2.01. The number of hydrogen-bond acceptors (Lipinski definition) is 2. The molecule has 1 aromatic carbocycles. The van der Waals surface area contributed by atoms with Crippen LogP contribution in [0.5, 0.6) is 0 Å². The van der Waals surface area contributed by atoms with Gasteiger partial charge in [-0.2, -0.15) is 0 Å². The van der Waals surface area contributed by atoms with Crippen molar-refractivity contribution in [3.8, 4) is 0 Å². The number of hydrogen-bond donors (Lipinski definition) is 0. The van der Waals surface area contributed by atoms with Gasteiger partial charge in [-0.3, -0.25) is 4.79 Å². The molecule has 0 saturated heterocycles. The van der Waals surface area contributed by atoms with E-state index in [9.17, 15) is 18.0 Å². The molecule has 2 rings (SSSR count). The predicted molar refractivity (Wildman–Crippen MR) is 81.0 cm³/mol. The van der Waals surface area contributed by atoms with Crippen molar-refractivity contribution >= 4 is 5.97 Å². The van der Waals surface area contributed by atoms with Crippen molar-refractivity contribution in [1.29, 1.82) is 0 Å². The molecule has 1 fully saturated rings. The van der Waals surface area contributed by atoms with Crippen molar-refractivity contribution in [2.24, 2.45) is 17.3 Å². The second-order valence-corrected chi connectivity index (χ2v) is 6.93. The molecule has 2 atom stereocenters. The normalized spacial score (nSPS) is 21.7. The van der Waals surface area contributed by atoms with Crippen molar-refractivity contribution in [2.45, 2.75) is 41.2 Å². The molecule has 23 heavy (non-hydrogen) atoms. The number of carbonyl (C=O) groups excluding carboxylic acids is 1. The Bertz CT molecular complexity index is 647. The Hall–Kier alpha value is -1.78. The molecule has 1 aliphatic rings. The molecule has 0 bridgehead atoms. The summed E-state index contributed by atoms with van der Waals surface area (Å²) in [6, 6.07) is 0.491. The summed E-state index contributed by atoms with van der Waals surface area (Å²) >= 11 is 0. The molecule has 1 saturated carbocycles. The van der Waals surface area contributed by atoms with E-state index < -0.39 is 30.0 Å². The van der Waals surface area contributed by atoms with Gasteiger partial charge in [-0.15, -0.1) is 0 Å². The lowest BCUT2D eigenvalue weighted by Crippen LogP contribution is -2.13. The first-order chi connectivity index (χ1) is 10.6. The Morgan fingerprint density at radius 2 is 1.87 bits per heavy atom. The Morgan fingerprint density at radius 3 is 2.43 bits per heavy atom. The van der Waals surface area contributed by atoms with Crippen LogP contribution in [-0.2, 0) is 16.1 Å². The average Bonchev–Trinajstić information content (AvgIpc) is 2.96. The van der Waals surface area contributed by atoms with Crippen molar-refractivity contribution in [2.75, 3.05) is 0 Å². The van der Waals surface area contributed by atoms with E-state index in [-0.39, 0.29) is 28.4 Å². The van der Waals surface area contributed by atoms with Crippen molar-refractivity contribution in [1.82, 2.24) is 0 Å². The summed E-state index contributed by atoms with van der Waals surface area (Å²) in [6.45, 7) is 8.66. The molecule has 5 heteroatoms. The van der Waals surface area contributed by atoms with Crippen LogP contribution >= 0.6 is 0 Å². The van der Waals surface area contributed by atoms with Gasteiger partial charge in [0, 0.05) is 11.6 Å². The molecule has 0 aromatic heterocycles. The third-order valence-corrected chi connectivity index (χ3v) is 4.58. The molecular weight excluding hydrogens is 305 g/mol. The maximum absolute atomic E-state index is 13.8. The second kappa shape index (κ2) is 6.02. The van der Waals surface area contributed by atoms with Crippen molar-refractivity contribution in [3.05, 3.63) is 46.3 Å². The maximum atomic E-state index is 13.8. The highest BCUT2D eigenvalue weighted by Gasteiger charge is 2.61. The summed E-state index contributed by atoms with van der Waals surface area (Å²) in [5.41, 5.74) is 0.572. The first-order valence-electron chi connectivity index (χ1n) is 7.52. The molecule has 2 unspecified atom stereocenters. The smallest absolute Gasteiger partial charge is 0.310 e. The van der Waals surface area contributed by atoms with Gasteiger partial charge < -0.3 is 4.74 Å². The van der Waals surface area contributed by atoms with E-state index in [1.165, 1.54) is 6.92 Å². The van der Waals surface area contributed by atoms with E-state index >= 15 is 0 Å². The van der Waals surface area contributed by atoms with Crippen LogP contribution in [-0.4, -0.2) is 5.97 Å². The van der Waals surface area contributed by atoms with Gasteiger partial charge in [0.1, 0.15) is 12.4 Å². The zero-order valence-electron chi connectivity index (χ0n) is 14.0. The van der Waals surface area contributed by atoms with E-state index in [1.807, 2.05) is 33.8 Å². The van der Waals surface area contributed by atoms with Crippen LogP contribution in [0.25, 0.3) is 0 Å². The molecule has 0 N–H and O–H groups in total. The lowest BCUT2D eigenvalue weighted by Gasteiger charge is -2.10. The number of halogens is 3. The van der Waals surface area contributed by atoms with Crippen molar-refractivity contribution < 1.29 is 22.7 Å². The number of benzene rings is 1. The van der Waals surface area contributed by atoms with Crippen LogP contribution in [0, 0.1) is 41.6 Å². The summed E-state index contributed by atoms with van der Waals surface area (Å²) in [5, 5.41) is 0. The molecule has 0 amide bonds. The molecule has 2 nitrogen and oxygen atoms in total. The van der Waals surface area contributed by atoms with E-state index in [2.05, 4.69) is 0 Å². The maximum Gasteiger partial charge on any atom is 0.310 e. The number of rotatable bonds is 4. The highest BCUT2D eigenvalue weighted by Crippen LogP contribution is 2.59. The monoisotopic (exact) mass is 326 g/mol. The van der Waals surface area contributed by atoms with Crippen LogP contribution in [0.2, 0.25) is 0 Å². The summed E-state index contributed by atoms with van der Waals surface area (Å²) < 4.78 is 45.7.